The van der Waals surface area contributed by atoms with Gasteiger partial charge >= 0.3 is 5.97 Å². The molecule has 0 amide bonds. The summed E-state index contributed by atoms with van der Waals surface area (Å²) in [6, 6.07) is 0.299. The monoisotopic (exact) mass is 239 g/mol. The maximum Gasteiger partial charge on any atom is 0.321 e. The minimum absolute atomic E-state index is 0.230. The largest absolute Gasteiger partial charge is 0.480 e. The first kappa shape index (κ1) is 12.9. The number of carbonyl (C=O) groups is 1. The highest BCUT2D eigenvalue weighted by Gasteiger charge is 2.37. The van der Waals surface area contributed by atoms with Crippen LogP contribution in [0.1, 0.15) is 58.3 Å². The van der Waals surface area contributed by atoms with Crippen LogP contribution in [0, 0.1) is 5.92 Å². The number of rotatable bonds is 2. The molecular weight excluding hydrogens is 214 g/mol. The van der Waals surface area contributed by atoms with E-state index >= 15 is 0 Å². The average molecular weight is 239 g/mol. The molecule has 1 saturated carbocycles. The smallest absolute Gasteiger partial charge is 0.321 e. The number of piperidine rings is 1. The molecule has 0 radical (unpaired) electrons. The number of nitrogens with zero attached hydrogens (tertiary/aromatic N) is 1. The van der Waals surface area contributed by atoms with Crippen molar-refractivity contribution < 1.29 is 9.90 Å². The predicted molar refractivity (Wildman–Crippen MR) is 68.0 cm³/mol. The normalized spacial score (nSPS) is 33.2. The van der Waals surface area contributed by atoms with Gasteiger partial charge in [-0.2, -0.15) is 0 Å². The molecular formula is C14H25NO2. The molecule has 1 N–H and O–H groups in total. The van der Waals surface area contributed by atoms with E-state index in [0.717, 1.165) is 13.0 Å². The second-order valence-electron chi connectivity index (χ2n) is 5.79. The van der Waals surface area contributed by atoms with Gasteiger partial charge in [-0.15, -0.1) is 0 Å². The molecule has 1 saturated heterocycles. The van der Waals surface area contributed by atoms with Gasteiger partial charge in [-0.1, -0.05) is 32.6 Å². The van der Waals surface area contributed by atoms with E-state index in [-0.39, 0.29) is 6.04 Å². The average Bonchev–Trinajstić information content (AvgIpc) is 2.56. The molecule has 0 bridgehead atoms. The Labute approximate surface area is 104 Å². The fourth-order valence-electron chi connectivity index (χ4n) is 3.60. The van der Waals surface area contributed by atoms with Gasteiger partial charge in [-0.25, -0.2) is 0 Å². The summed E-state index contributed by atoms with van der Waals surface area (Å²) < 4.78 is 0. The van der Waals surface area contributed by atoms with Crippen LogP contribution in [0.5, 0.6) is 0 Å². The maximum atomic E-state index is 11.5. The lowest BCUT2D eigenvalue weighted by Crippen LogP contribution is -2.53. The summed E-state index contributed by atoms with van der Waals surface area (Å²) in [6.45, 7) is 3.09. The lowest BCUT2D eigenvalue weighted by Gasteiger charge is -2.42. The van der Waals surface area contributed by atoms with Crippen molar-refractivity contribution in [3.63, 3.8) is 0 Å². The van der Waals surface area contributed by atoms with Gasteiger partial charge in [0.25, 0.3) is 0 Å². The van der Waals surface area contributed by atoms with Gasteiger partial charge < -0.3 is 5.11 Å². The summed E-state index contributed by atoms with van der Waals surface area (Å²) in [4.78, 5) is 13.8. The molecule has 2 fully saturated rings. The fourth-order valence-corrected chi connectivity index (χ4v) is 3.60. The molecule has 1 aliphatic heterocycles. The zero-order valence-corrected chi connectivity index (χ0v) is 10.9. The summed E-state index contributed by atoms with van der Waals surface area (Å²) in [5, 5.41) is 9.44. The quantitative estimate of drug-likeness (QED) is 0.753. The van der Waals surface area contributed by atoms with Crippen LogP contribution >= 0.6 is 0 Å². The maximum absolute atomic E-state index is 11.5. The highest BCUT2D eigenvalue weighted by atomic mass is 16.4. The van der Waals surface area contributed by atoms with Gasteiger partial charge in [0.1, 0.15) is 6.04 Å². The second kappa shape index (κ2) is 5.85. The Hall–Kier alpha value is -0.570. The van der Waals surface area contributed by atoms with Crippen LogP contribution in [0.15, 0.2) is 0 Å². The topological polar surface area (TPSA) is 40.5 Å². The predicted octanol–water partition coefficient (Wildman–Crippen LogP) is 2.89. The molecule has 2 unspecified atom stereocenters. The summed E-state index contributed by atoms with van der Waals surface area (Å²) >= 11 is 0. The molecule has 0 spiro atoms. The third-order valence-corrected chi connectivity index (χ3v) is 4.52. The number of hydrogen-bond acceptors (Lipinski definition) is 2. The highest BCUT2D eigenvalue weighted by molar-refractivity contribution is 5.74. The number of carboxylic acids is 1. The van der Waals surface area contributed by atoms with Crippen LogP contribution in [0.3, 0.4) is 0 Å². The SMILES string of the molecule is CC1CCCN(C2CCCCCC2)C1C(=O)O. The zero-order valence-electron chi connectivity index (χ0n) is 10.9. The molecule has 2 rings (SSSR count). The lowest BCUT2D eigenvalue weighted by molar-refractivity contribution is -0.148. The molecule has 3 heteroatoms. The molecule has 0 aromatic carbocycles. The van der Waals surface area contributed by atoms with Gasteiger partial charge in [-0.3, -0.25) is 9.69 Å². The lowest BCUT2D eigenvalue weighted by atomic mass is 9.88. The summed E-state index contributed by atoms with van der Waals surface area (Å²) in [7, 11) is 0. The molecule has 2 aliphatic rings. The summed E-state index contributed by atoms with van der Waals surface area (Å²) in [6.07, 6.45) is 9.87. The molecule has 3 nitrogen and oxygen atoms in total. The summed E-state index contributed by atoms with van der Waals surface area (Å²) in [5.41, 5.74) is 0. The Morgan fingerprint density at radius 2 is 1.71 bits per heavy atom. The molecule has 1 heterocycles. The third kappa shape index (κ3) is 3.01. The van der Waals surface area contributed by atoms with Crippen molar-refractivity contribution in [1.82, 2.24) is 4.90 Å². The summed E-state index contributed by atoms with van der Waals surface area (Å²) in [5.74, 6) is -0.300. The first-order chi connectivity index (χ1) is 8.20. The van der Waals surface area contributed by atoms with Crippen molar-refractivity contribution in [2.45, 2.75) is 70.4 Å². The van der Waals surface area contributed by atoms with Crippen molar-refractivity contribution in [1.29, 1.82) is 0 Å². The molecule has 98 valence electrons. The van der Waals surface area contributed by atoms with Gasteiger partial charge in [-0.05, 0) is 38.1 Å². The van der Waals surface area contributed by atoms with Crippen molar-refractivity contribution in [3.8, 4) is 0 Å². The molecule has 0 aromatic heterocycles. The van der Waals surface area contributed by atoms with Gasteiger partial charge in [0.2, 0.25) is 0 Å². The van der Waals surface area contributed by atoms with Gasteiger partial charge in [0.05, 0.1) is 0 Å². The van der Waals surface area contributed by atoms with Crippen LogP contribution in [-0.4, -0.2) is 34.6 Å². The van der Waals surface area contributed by atoms with Crippen molar-refractivity contribution in [3.05, 3.63) is 0 Å². The third-order valence-electron chi connectivity index (χ3n) is 4.52. The number of aliphatic carboxylic acids is 1. The van der Waals surface area contributed by atoms with E-state index in [1.54, 1.807) is 0 Å². The van der Waals surface area contributed by atoms with E-state index in [9.17, 15) is 9.90 Å². The first-order valence-corrected chi connectivity index (χ1v) is 7.18. The van der Waals surface area contributed by atoms with Crippen LogP contribution in [0.25, 0.3) is 0 Å². The Morgan fingerprint density at radius 3 is 2.29 bits per heavy atom. The van der Waals surface area contributed by atoms with E-state index in [1.165, 1.54) is 44.9 Å². The molecule has 1 aliphatic carbocycles. The van der Waals surface area contributed by atoms with Crippen LogP contribution in [-0.2, 0) is 4.79 Å². The number of carboxylic acid groups (broad SMARTS) is 1. The van der Waals surface area contributed by atoms with E-state index in [4.69, 9.17) is 0 Å². The fraction of sp³-hybridized carbons (Fsp3) is 0.929. The molecule has 17 heavy (non-hydrogen) atoms. The highest BCUT2D eigenvalue weighted by Crippen LogP contribution is 2.30. The number of likely N-dealkylation sites (tertiary alicyclic amines) is 1. The Bertz CT molecular complexity index is 259. The van der Waals surface area contributed by atoms with E-state index < -0.39 is 5.97 Å². The zero-order chi connectivity index (χ0) is 12.3. The second-order valence-corrected chi connectivity index (χ2v) is 5.79. The van der Waals surface area contributed by atoms with E-state index in [2.05, 4.69) is 11.8 Å². The van der Waals surface area contributed by atoms with E-state index in [1.807, 2.05) is 0 Å². The number of hydrogen-bond donors (Lipinski definition) is 1. The van der Waals surface area contributed by atoms with Gasteiger partial charge in [0.15, 0.2) is 0 Å². The van der Waals surface area contributed by atoms with Crippen LogP contribution in [0.4, 0.5) is 0 Å². The first-order valence-electron chi connectivity index (χ1n) is 7.18. The Morgan fingerprint density at radius 1 is 1.06 bits per heavy atom. The minimum Gasteiger partial charge on any atom is -0.480 e. The standard InChI is InChI=1S/C14H25NO2/c1-11-7-6-10-15(13(11)14(16)17)12-8-4-2-3-5-9-12/h11-13H,2-10H2,1H3,(H,16,17). The van der Waals surface area contributed by atoms with E-state index in [0.29, 0.717) is 12.0 Å². The minimum atomic E-state index is -0.610. The molecule has 0 aromatic rings. The van der Waals surface area contributed by atoms with Crippen molar-refractivity contribution in [2.24, 2.45) is 5.92 Å². The van der Waals surface area contributed by atoms with Crippen molar-refractivity contribution in [2.75, 3.05) is 6.54 Å². The van der Waals surface area contributed by atoms with Crippen molar-refractivity contribution >= 4 is 5.97 Å². The Kier molecular flexibility index (Phi) is 4.43. The Balaban J connectivity index is 2.07. The van der Waals surface area contributed by atoms with Crippen LogP contribution < -0.4 is 0 Å². The van der Waals surface area contributed by atoms with Gasteiger partial charge in [0, 0.05) is 6.04 Å². The van der Waals surface area contributed by atoms with Crippen LogP contribution in [0.2, 0.25) is 0 Å². The molecule has 2 atom stereocenters.